The fourth-order valence-electron chi connectivity index (χ4n) is 7.79. The van der Waals surface area contributed by atoms with Gasteiger partial charge in [0.1, 0.15) is 36.8 Å². The number of hydrogen-bond acceptors (Lipinski definition) is 18. The van der Waals surface area contributed by atoms with Crippen LogP contribution in [0.25, 0.3) is 0 Å². The van der Waals surface area contributed by atoms with E-state index in [1.807, 2.05) is 6.92 Å². The Hall–Kier alpha value is -4.11. The summed E-state index contributed by atoms with van der Waals surface area (Å²) in [5.41, 5.74) is 5.37. The van der Waals surface area contributed by atoms with Crippen molar-refractivity contribution in [3.05, 3.63) is 0 Å². The molecule has 1 rings (SSSR count). The van der Waals surface area contributed by atoms with Crippen LogP contribution in [-0.4, -0.2) is 189 Å². The third kappa shape index (κ3) is 32.2. The summed E-state index contributed by atoms with van der Waals surface area (Å²) in [5.74, 6) is -3.71. The van der Waals surface area contributed by atoms with Crippen LogP contribution in [0.2, 0.25) is 0 Å². The van der Waals surface area contributed by atoms with Gasteiger partial charge >= 0.3 is 0 Å². The van der Waals surface area contributed by atoms with Crippen molar-refractivity contribution in [2.75, 3.05) is 66.3 Å². The van der Waals surface area contributed by atoms with Gasteiger partial charge in [-0.15, -0.1) is 0 Å². The highest BCUT2D eigenvalue weighted by Gasteiger charge is 2.34. The van der Waals surface area contributed by atoms with Gasteiger partial charge in [0.15, 0.2) is 0 Å². The molecule has 16 N–H and O–H groups in total. The Morgan fingerprint density at radius 3 is 1.85 bits per heavy atom. The summed E-state index contributed by atoms with van der Waals surface area (Å²) in [6.45, 7) is 3.11. The number of carbonyl (C=O) groups excluding carboxylic acids is 6. The lowest BCUT2D eigenvalue weighted by atomic mass is 10.0. The van der Waals surface area contributed by atoms with Crippen molar-refractivity contribution in [3.63, 3.8) is 0 Å². The number of nitrogens with one attached hydrogen (secondary N) is 9. The molecule has 72 heavy (non-hydrogen) atoms. The summed E-state index contributed by atoms with van der Waals surface area (Å²) in [5, 5.41) is 76.9. The highest BCUT2D eigenvalue weighted by atomic mass is 16.5. The van der Waals surface area contributed by atoms with Crippen LogP contribution in [0, 0.1) is 0 Å². The van der Waals surface area contributed by atoms with E-state index in [2.05, 4.69) is 59.8 Å². The SMILES string of the molecule is CCCCCCCCCCCCCCCC(=O)NCCOCCOCC(O)NCC(=O)N[C@@H](CO)C(=O)NC(CCC(N)=O)C(O)NC(C[C@H]1CN=CN1)C(O)N[C@@H](CO)C(=O)N[C@@H](CCCC)C(=O)NC. The van der Waals surface area contributed by atoms with Gasteiger partial charge in [0.05, 0.1) is 71.2 Å². The molecular weight excluding hydrogens is 939 g/mol. The van der Waals surface area contributed by atoms with Gasteiger partial charge in [-0.1, -0.05) is 104 Å². The van der Waals surface area contributed by atoms with Gasteiger partial charge in [-0.05, 0) is 25.7 Å². The van der Waals surface area contributed by atoms with Crippen molar-refractivity contribution in [1.82, 2.24) is 47.9 Å². The van der Waals surface area contributed by atoms with Crippen LogP contribution in [0.15, 0.2) is 4.99 Å². The maximum absolute atomic E-state index is 13.4. The molecule has 5 unspecified atom stereocenters. The minimum atomic E-state index is -1.70. The molecule has 418 valence electrons. The van der Waals surface area contributed by atoms with Crippen molar-refractivity contribution >= 4 is 41.8 Å². The standard InChI is InChI=1S/C48H93N11O13/c1-4-6-8-9-10-11-12-13-14-15-16-17-18-20-41(63)52-23-24-71-25-26-72-32-43(65)53-29-42(64)55-38(30-60)47(69)57-36(21-22-40(49)62)45(67)58-37(27-34-28-51-33-54-34)46(68)59-39(31-61)48(70)56-35(19-7-5-2)44(66)50-3/h33-39,43,45-46,53,58-61,65,67-68H,4-32H2,1-3H3,(H2,49,62)(H,50,66)(H,51,54)(H,52,63)(H,55,64)(H,56,70)(H,57,69)/t34-,35-,36?,37?,38-,39-,43?,45?,46?/m0/s1. The Labute approximate surface area is 426 Å². The third-order valence-electron chi connectivity index (χ3n) is 12.1. The number of ether oxygens (including phenoxy) is 2. The number of aliphatic hydroxyl groups excluding tert-OH is 5. The fraction of sp³-hybridized carbons (Fsp3) is 0.854. The van der Waals surface area contributed by atoms with Crippen LogP contribution in [0.3, 0.4) is 0 Å². The summed E-state index contributed by atoms with van der Waals surface area (Å²) in [7, 11) is 1.43. The molecule has 24 nitrogen and oxygen atoms in total. The number of aliphatic hydroxyl groups is 5. The summed E-state index contributed by atoms with van der Waals surface area (Å²) in [6, 6.07) is -6.57. The van der Waals surface area contributed by atoms with Crippen LogP contribution in [0.4, 0.5) is 0 Å². The molecule has 0 saturated carbocycles. The van der Waals surface area contributed by atoms with E-state index in [-0.39, 0.29) is 51.0 Å². The first-order chi connectivity index (χ1) is 34.7. The molecule has 1 aliphatic rings. The zero-order valence-electron chi connectivity index (χ0n) is 43.3. The molecule has 0 aromatic heterocycles. The van der Waals surface area contributed by atoms with Crippen molar-refractivity contribution in [3.8, 4) is 0 Å². The van der Waals surface area contributed by atoms with Crippen LogP contribution >= 0.6 is 0 Å². The number of carbonyl (C=O) groups is 6. The molecule has 0 aliphatic carbocycles. The molecule has 0 saturated heterocycles. The molecule has 6 amide bonds. The highest BCUT2D eigenvalue weighted by Crippen LogP contribution is 2.14. The molecule has 0 aromatic carbocycles. The van der Waals surface area contributed by atoms with E-state index in [9.17, 15) is 54.3 Å². The highest BCUT2D eigenvalue weighted by molar-refractivity contribution is 5.90. The number of likely N-dealkylation sites (N-methyl/N-ethyl adjacent to an activating group) is 1. The predicted octanol–water partition coefficient (Wildman–Crippen LogP) is -1.89. The van der Waals surface area contributed by atoms with E-state index in [1.165, 1.54) is 77.6 Å². The number of unbranched alkanes of at least 4 members (excludes halogenated alkanes) is 13. The molecule has 0 radical (unpaired) electrons. The van der Waals surface area contributed by atoms with Crippen LogP contribution < -0.4 is 53.6 Å². The Kier molecular flexibility index (Phi) is 38.7. The topological polar surface area (TPSA) is 369 Å². The molecule has 0 aromatic rings. The first-order valence-corrected chi connectivity index (χ1v) is 26.3. The molecule has 24 heteroatoms. The number of aliphatic imine (C=N–C) groups is 1. The molecule has 0 spiro atoms. The lowest BCUT2D eigenvalue weighted by Crippen LogP contribution is -2.63. The molecule has 1 aliphatic heterocycles. The average molecular weight is 1030 g/mol. The largest absolute Gasteiger partial charge is 0.394 e. The van der Waals surface area contributed by atoms with E-state index < -0.39 is 98.2 Å². The second-order valence-electron chi connectivity index (χ2n) is 18.3. The first-order valence-electron chi connectivity index (χ1n) is 26.3. The molecule has 1 heterocycles. The van der Waals surface area contributed by atoms with Gasteiger partial charge in [-0.25, -0.2) is 0 Å². The maximum atomic E-state index is 13.4. The Bertz CT molecular complexity index is 1510. The first kappa shape index (κ1) is 65.9. The molecule has 0 fully saturated rings. The van der Waals surface area contributed by atoms with Gasteiger partial charge in [0.25, 0.3) is 0 Å². The van der Waals surface area contributed by atoms with E-state index in [0.717, 1.165) is 25.7 Å². The second kappa shape index (κ2) is 42.3. The van der Waals surface area contributed by atoms with E-state index >= 15 is 0 Å². The van der Waals surface area contributed by atoms with Gasteiger partial charge in [0, 0.05) is 32.5 Å². The Morgan fingerprint density at radius 1 is 0.667 bits per heavy atom. The smallest absolute Gasteiger partial charge is 0.245 e. The summed E-state index contributed by atoms with van der Waals surface area (Å²) in [4.78, 5) is 79.8. The molecule has 0 bridgehead atoms. The number of hydrogen-bond donors (Lipinski definition) is 15. The summed E-state index contributed by atoms with van der Waals surface area (Å²) in [6.07, 6.45) is 14.8. The Balaban J connectivity index is 2.54. The normalized spacial score (nSPS) is 16.6. The second-order valence-corrected chi connectivity index (χ2v) is 18.3. The van der Waals surface area contributed by atoms with Gasteiger partial charge in [-0.2, -0.15) is 0 Å². The monoisotopic (exact) mass is 1030 g/mol. The van der Waals surface area contributed by atoms with Crippen LogP contribution in [0.1, 0.15) is 142 Å². The quantitative estimate of drug-likeness (QED) is 0.0234. The lowest BCUT2D eigenvalue weighted by molar-refractivity contribution is -0.131. The Morgan fingerprint density at radius 2 is 1.26 bits per heavy atom. The molecular formula is C48H93N11O13. The van der Waals surface area contributed by atoms with E-state index in [0.29, 0.717) is 39.0 Å². The molecule has 9 atom stereocenters. The number of nitrogens with two attached hydrogens (primary N) is 1. The van der Waals surface area contributed by atoms with Gasteiger partial charge < -0.3 is 72.6 Å². The zero-order valence-corrected chi connectivity index (χ0v) is 43.3. The number of rotatable bonds is 47. The lowest BCUT2D eigenvalue weighted by Gasteiger charge is -2.34. The summed E-state index contributed by atoms with van der Waals surface area (Å²) < 4.78 is 10.9. The van der Waals surface area contributed by atoms with Gasteiger partial charge in [-0.3, -0.25) is 49.7 Å². The van der Waals surface area contributed by atoms with Crippen LogP contribution in [-0.2, 0) is 38.2 Å². The van der Waals surface area contributed by atoms with Crippen molar-refractivity contribution in [2.24, 2.45) is 10.7 Å². The predicted molar refractivity (Wildman–Crippen MR) is 272 cm³/mol. The van der Waals surface area contributed by atoms with Crippen molar-refractivity contribution in [2.45, 2.75) is 197 Å². The minimum absolute atomic E-state index is 0.00517. The zero-order chi connectivity index (χ0) is 53.4. The van der Waals surface area contributed by atoms with Crippen molar-refractivity contribution < 1.29 is 63.8 Å². The van der Waals surface area contributed by atoms with Crippen molar-refractivity contribution in [1.29, 1.82) is 0 Å². The number of amides is 6. The summed E-state index contributed by atoms with van der Waals surface area (Å²) >= 11 is 0. The maximum Gasteiger partial charge on any atom is 0.245 e. The third-order valence-corrected chi connectivity index (χ3v) is 12.1. The average Bonchev–Trinajstić information content (AvgIpc) is 3.88. The minimum Gasteiger partial charge on any atom is -0.394 e. The number of nitrogens with zero attached hydrogens (tertiary/aromatic N) is 1. The fourth-order valence-corrected chi connectivity index (χ4v) is 7.79. The number of primary amides is 1. The van der Waals surface area contributed by atoms with Gasteiger partial charge in [0.2, 0.25) is 35.4 Å². The van der Waals surface area contributed by atoms with E-state index in [4.69, 9.17) is 15.2 Å². The van der Waals surface area contributed by atoms with E-state index in [1.54, 1.807) is 0 Å². The van der Waals surface area contributed by atoms with Crippen LogP contribution in [0.5, 0.6) is 0 Å².